The van der Waals surface area contributed by atoms with Crippen LogP contribution in [-0.4, -0.2) is 57.0 Å². The van der Waals surface area contributed by atoms with Gasteiger partial charge in [-0.25, -0.2) is 0 Å². The van der Waals surface area contributed by atoms with Crippen LogP contribution in [0.3, 0.4) is 0 Å². The van der Waals surface area contributed by atoms with Gasteiger partial charge in [0, 0.05) is 31.8 Å². The van der Waals surface area contributed by atoms with Crippen LogP contribution in [0.15, 0.2) is 27.1 Å². The van der Waals surface area contributed by atoms with Crippen molar-refractivity contribution >= 4 is 5.91 Å². The predicted molar refractivity (Wildman–Crippen MR) is 114 cm³/mol. The standard InChI is InChI=1S/C23H29N5O4/c1-15-11-16(2)28(25-15)13-19-5-6-20(31-19)23(29)27-9-7-18(12-27)22-24-21(26-32-22)8-10-30-14-17-3-4-17/h5-6,11,17-18H,3-4,7-10,12-14H2,1-2H3. The highest BCUT2D eigenvalue weighted by molar-refractivity contribution is 5.91. The van der Waals surface area contributed by atoms with Gasteiger partial charge in [-0.2, -0.15) is 10.1 Å². The van der Waals surface area contributed by atoms with Gasteiger partial charge in [-0.15, -0.1) is 0 Å². The van der Waals surface area contributed by atoms with E-state index in [0.717, 1.165) is 30.3 Å². The Morgan fingerprint density at radius 3 is 2.91 bits per heavy atom. The summed E-state index contributed by atoms with van der Waals surface area (Å²) in [5.74, 6) is 3.02. The Balaban J connectivity index is 1.14. The summed E-state index contributed by atoms with van der Waals surface area (Å²) >= 11 is 0. The molecule has 1 saturated carbocycles. The zero-order valence-electron chi connectivity index (χ0n) is 18.6. The van der Waals surface area contributed by atoms with Gasteiger partial charge in [0.1, 0.15) is 5.76 Å². The minimum Gasteiger partial charge on any atom is -0.454 e. The summed E-state index contributed by atoms with van der Waals surface area (Å²) < 4.78 is 18.8. The van der Waals surface area contributed by atoms with Crippen LogP contribution >= 0.6 is 0 Å². The molecular weight excluding hydrogens is 410 g/mol. The van der Waals surface area contributed by atoms with E-state index in [1.165, 1.54) is 12.8 Å². The first-order valence-corrected chi connectivity index (χ1v) is 11.3. The summed E-state index contributed by atoms with van der Waals surface area (Å²) in [4.78, 5) is 19.2. The Morgan fingerprint density at radius 2 is 2.12 bits per heavy atom. The summed E-state index contributed by atoms with van der Waals surface area (Å²) in [5.41, 5.74) is 2.02. The van der Waals surface area contributed by atoms with Crippen molar-refractivity contribution in [3.8, 4) is 0 Å². The lowest BCUT2D eigenvalue weighted by Gasteiger charge is -2.13. The highest BCUT2D eigenvalue weighted by atomic mass is 16.5. The molecule has 0 radical (unpaired) electrons. The molecule has 0 spiro atoms. The van der Waals surface area contributed by atoms with Crippen molar-refractivity contribution in [2.24, 2.45) is 5.92 Å². The zero-order valence-corrected chi connectivity index (χ0v) is 18.6. The molecule has 0 bridgehead atoms. The molecule has 9 nitrogen and oxygen atoms in total. The molecule has 3 aromatic rings. The third kappa shape index (κ3) is 4.77. The molecule has 1 aliphatic carbocycles. The van der Waals surface area contributed by atoms with E-state index in [4.69, 9.17) is 13.7 Å². The molecule has 2 aliphatic rings. The Morgan fingerprint density at radius 1 is 1.25 bits per heavy atom. The van der Waals surface area contributed by atoms with Gasteiger partial charge in [0.15, 0.2) is 11.6 Å². The number of furan rings is 1. The van der Waals surface area contributed by atoms with E-state index >= 15 is 0 Å². The van der Waals surface area contributed by atoms with Gasteiger partial charge in [0.25, 0.3) is 5.91 Å². The maximum absolute atomic E-state index is 12.9. The molecule has 3 aromatic heterocycles. The summed E-state index contributed by atoms with van der Waals surface area (Å²) in [7, 11) is 0. The molecule has 1 saturated heterocycles. The Kier molecular flexibility index (Phi) is 5.82. The first-order valence-electron chi connectivity index (χ1n) is 11.3. The van der Waals surface area contributed by atoms with Gasteiger partial charge in [-0.3, -0.25) is 9.48 Å². The number of nitrogens with zero attached hydrogens (tertiary/aromatic N) is 5. The second-order valence-corrected chi connectivity index (χ2v) is 8.90. The normalized spacial score (nSPS) is 18.6. The lowest BCUT2D eigenvalue weighted by atomic mass is 10.1. The summed E-state index contributed by atoms with van der Waals surface area (Å²) in [6.07, 6.45) is 4.01. The number of amides is 1. The van der Waals surface area contributed by atoms with E-state index < -0.39 is 0 Å². The van der Waals surface area contributed by atoms with Crippen LogP contribution in [0.2, 0.25) is 0 Å². The number of carbonyl (C=O) groups excluding carboxylic acids is 1. The largest absolute Gasteiger partial charge is 0.454 e. The molecule has 0 N–H and O–H groups in total. The molecule has 32 heavy (non-hydrogen) atoms. The van der Waals surface area contributed by atoms with Gasteiger partial charge >= 0.3 is 0 Å². The number of hydrogen-bond donors (Lipinski definition) is 0. The maximum Gasteiger partial charge on any atom is 0.289 e. The number of aryl methyl sites for hydroxylation is 2. The van der Waals surface area contributed by atoms with E-state index in [1.807, 2.05) is 30.7 Å². The first-order chi connectivity index (χ1) is 15.5. The van der Waals surface area contributed by atoms with Crippen LogP contribution in [0.1, 0.15) is 64.6 Å². The molecule has 1 aliphatic heterocycles. The highest BCUT2D eigenvalue weighted by Crippen LogP contribution is 2.29. The van der Waals surface area contributed by atoms with Gasteiger partial charge in [-0.1, -0.05) is 5.16 Å². The van der Waals surface area contributed by atoms with Gasteiger partial charge < -0.3 is 18.6 Å². The molecule has 1 unspecified atom stereocenters. The lowest BCUT2D eigenvalue weighted by Crippen LogP contribution is -2.28. The van der Waals surface area contributed by atoms with Crippen molar-refractivity contribution in [2.75, 3.05) is 26.3 Å². The average molecular weight is 440 g/mol. The minimum atomic E-state index is -0.111. The van der Waals surface area contributed by atoms with Crippen LogP contribution < -0.4 is 0 Å². The fourth-order valence-corrected chi connectivity index (χ4v) is 4.10. The Hall–Kier alpha value is -2.94. The fourth-order valence-electron chi connectivity index (χ4n) is 4.10. The Labute approximate surface area is 186 Å². The van der Waals surface area contributed by atoms with Crippen LogP contribution in [0.4, 0.5) is 0 Å². The van der Waals surface area contributed by atoms with Crippen LogP contribution in [-0.2, 0) is 17.7 Å². The zero-order chi connectivity index (χ0) is 22.1. The van der Waals surface area contributed by atoms with Crippen molar-refractivity contribution in [3.05, 3.63) is 52.8 Å². The lowest BCUT2D eigenvalue weighted by molar-refractivity contribution is 0.0755. The van der Waals surface area contributed by atoms with E-state index in [1.54, 1.807) is 11.0 Å². The summed E-state index contributed by atoms with van der Waals surface area (Å²) in [6.45, 7) is 7.10. The van der Waals surface area contributed by atoms with Crippen molar-refractivity contribution in [1.29, 1.82) is 0 Å². The molecule has 4 heterocycles. The Bertz CT molecular complexity index is 1080. The SMILES string of the molecule is Cc1cc(C)n(Cc2ccc(C(=O)N3CCC(c4nc(CCOCC5CC5)no4)C3)o2)n1. The van der Waals surface area contributed by atoms with E-state index in [0.29, 0.717) is 55.9 Å². The molecule has 9 heteroatoms. The van der Waals surface area contributed by atoms with Crippen molar-refractivity contribution in [3.63, 3.8) is 0 Å². The number of ether oxygens (including phenoxy) is 1. The van der Waals surface area contributed by atoms with Crippen LogP contribution in [0.5, 0.6) is 0 Å². The van der Waals surface area contributed by atoms with E-state index in [9.17, 15) is 4.79 Å². The average Bonchev–Trinajstić information content (AvgIpc) is 3.18. The summed E-state index contributed by atoms with van der Waals surface area (Å²) in [5, 5.41) is 8.52. The number of likely N-dealkylation sites (tertiary alicyclic amines) is 1. The quantitative estimate of drug-likeness (QED) is 0.472. The van der Waals surface area contributed by atoms with Crippen LogP contribution in [0, 0.1) is 19.8 Å². The smallest absolute Gasteiger partial charge is 0.289 e. The molecule has 170 valence electrons. The number of aromatic nitrogens is 4. The van der Waals surface area contributed by atoms with Crippen molar-refractivity contribution in [1.82, 2.24) is 24.8 Å². The topological polar surface area (TPSA) is 99.4 Å². The maximum atomic E-state index is 12.9. The third-order valence-electron chi connectivity index (χ3n) is 6.11. The van der Waals surface area contributed by atoms with Gasteiger partial charge in [0.2, 0.25) is 5.89 Å². The monoisotopic (exact) mass is 439 g/mol. The second kappa shape index (κ2) is 8.90. The van der Waals surface area contributed by atoms with E-state index in [2.05, 4.69) is 15.2 Å². The fraction of sp³-hybridized carbons (Fsp3) is 0.565. The highest BCUT2D eigenvalue weighted by Gasteiger charge is 2.32. The molecular formula is C23H29N5O4. The third-order valence-corrected chi connectivity index (χ3v) is 6.11. The molecule has 0 aromatic carbocycles. The second-order valence-electron chi connectivity index (χ2n) is 8.90. The molecule has 1 amide bonds. The predicted octanol–water partition coefficient (Wildman–Crippen LogP) is 3.12. The molecule has 2 fully saturated rings. The van der Waals surface area contributed by atoms with E-state index in [-0.39, 0.29) is 11.8 Å². The van der Waals surface area contributed by atoms with Gasteiger partial charge in [-0.05, 0) is 57.2 Å². The molecule has 1 atom stereocenters. The number of hydrogen-bond acceptors (Lipinski definition) is 7. The van der Waals surface area contributed by atoms with Crippen molar-refractivity contribution in [2.45, 2.75) is 52.0 Å². The summed E-state index contributed by atoms with van der Waals surface area (Å²) in [6, 6.07) is 5.60. The van der Waals surface area contributed by atoms with Crippen molar-refractivity contribution < 1.29 is 18.5 Å². The molecule has 5 rings (SSSR count). The van der Waals surface area contributed by atoms with Crippen LogP contribution in [0.25, 0.3) is 0 Å². The number of carbonyl (C=O) groups is 1. The van der Waals surface area contributed by atoms with Gasteiger partial charge in [0.05, 0.1) is 24.8 Å². The first kappa shape index (κ1) is 20.9. The number of rotatable bonds is 9. The minimum absolute atomic E-state index is 0.0525.